The lowest BCUT2D eigenvalue weighted by Crippen LogP contribution is -2.34. The first kappa shape index (κ1) is 13.9. The zero-order chi connectivity index (χ0) is 13.7. The molecule has 19 heavy (non-hydrogen) atoms. The number of benzene rings is 1. The molecular formula is C13H17ClN4O. The molecule has 1 aromatic carbocycles. The molecule has 1 atom stereocenters. The van der Waals surface area contributed by atoms with Gasteiger partial charge in [-0.05, 0) is 19.1 Å². The Morgan fingerprint density at radius 3 is 2.79 bits per heavy atom. The van der Waals surface area contributed by atoms with E-state index in [1.807, 2.05) is 37.3 Å². The Bertz CT molecular complexity index is 515. The Morgan fingerprint density at radius 1 is 1.42 bits per heavy atom. The largest absolute Gasteiger partial charge is 0.491 e. The van der Waals surface area contributed by atoms with Crippen molar-refractivity contribution >= 4 is 11.6 Å². The number of hydrogen-bond acceptors (Lipinski definition) is 4. The van der Waals surface area contributed by atoms with Crippen molar-refractivity contribution in [1.82, 2.24) is 15.2 Å². The van der Waals surface area contributed by atoms with Gasteiger partial charge in [-0.15, -0.1) is 0 Å². The zero-order valence-corrected chi connectivity index (χ0v) is 11.5. The van der Waals surface area contributed by atoms with Crippen LogP contribution < -0.4 is 16.0 Å². The Balaban J connectivity index is 2.10. The predicted octanol–water partition coefficient (Wildman–Crippen LogP) is 2.14. The van der Waals surface area contributed by atoms with Crippen molar-refractivity contribution in [2.24, 2.45) is 5.84 Å². The van der Waals surface area contributed by atoms with Gasteiger partial charge in [0, 0.05) is 6.54 Å². The molecule has 0 radical (unpaired) electrons. The molecule has 5 nitrogen and oxygen atoms in total. The van der Waals surface area contributed by atoms with Gasteiger partial charge < -0.3 is 4.74 Å². The minimum absolute atomic E-state index is 0.213. The molecule has 2 aromatic rings. The molecule has 1 unspecified atom stereocenters. The molecule has 0 aliphatic carbocycles. The van der Waals surface area contributed by atoms with Crippen LogP contribution in [0.15, 0.2) is 36.5 Å². The number of rotatable bonds is 6. The average Bonchev–Trinajstić information content (AvgIpc) is 2.82. The van der Waals surface area contributed by atoms with Crippen molar-refractivity contribution in [2.75, 3.05) is 6.61 Å². The summed E-state index contributed by atoms with van der Waals surface area (Å²) in [5.74, 6) is 6.38. The average molecular weight is 281 g/mol. The molecule has 0 amide bonds. The smallest absolute Gasteiger partial charge is 0.119 e. The normalized spacial score (nSPS) is 12.4. The fourth-order valence-corrected chi connectivity index (χ4v) is 2.15. The molecule has 0 spiro atoms. The zero-order valence-electron chi connectivity index (χ0n) is 10.7. The van der Waals surface area contributed by atoms with Crippen LogP contribution in [0.3, 0.4) is 0 Å². The number of hydrogen-bond donors (Lipinski definition) is 2. The molecule has 0 saturated carbocycles. The van der Waals surface area contributed by atoms with Crippen LogP contribution in [-0.4, -0.2) is 16.4 Å². The lowest BCUT2D eigenvalue weighted by Gasteiger charge is -2.18. The second-order valence-electron chi connectivity index (χ2n) is 4.04. The third-order valence-electron chi connectivity index (χ3n) is 2.82. The topological polar surface area (TPSA) is 65.1 Å². The minimum Gasteiger partial charge on any atom is -0.491 e. The van der Waals surface area contributed by atoms with Crippen LogP contribution in [0.4, 0.5) is 0 Å². The highest BCUT2D eigenvalue weighted by atomic mass is 35.5. The van der Waals surface area contributed by atoms with Crippen molar-refractivity contribution in [3.63, 3.8) is 0 Å². The van der Waals surface area contributed by atoms with Crippen molar-refractivity contribution in [3.05, 3.63) is 47.2 Å². The van der Waals surface area contributed by atoms with Gasteiger partial charge in [0.05, 0.1) is 23.0 Å². The summed E-state index contributed by atoms with van der Waals surface area (Å²) in [5.41, 5.74) is 3.56. The predicted molar refractivity (Wildman–Crippen MR) is 74.9 cm³/mol. The van der Waals surface area contributed by atoms with Gasteiger partial charge in [-0.25, -0.2) is 5.43 Å². The molecule has 0 aliphatic rings. The van der Waals surface area contributed by atoms with E-state index in [0.717, 1.165) is 18.0 Å². The van der Waals surface area contributed by atoms with Crippen LogP contribution in [-0.2, 0) is 6.54 Å². The van der Waals surface area contributed by atoms with Crippen LogP contribution in [0.5, 0.6) is 5.75 Å². The summed E-state index contributed by atoms with van der Waals surface area (Å²) in [6.07, 6.45) is 1.62. The van der Waals surface area contributed by atoms with E-state index in [2.05, 4.69) is 10.5 Å². The van der Waals surface area contributed by atoms with Crippen molar-refractivity contribution in [3.8, 4) is 5.75 Å². The molecule has 2 rings (SSSR count). The molecule has 3 N–H and O–H groups in total. The monoisotopic (exact) mass is 280 g/mol. The molecule has 0 saturated heterocycles. The van der Waals surface area contributed by atoms with E-state index in [9.17, 15) is 0 Å². The van der Waals surface area contributed by atoms with Crippen molar-refractivity contribution < 1.29 is 4.74 Å². The van der Waals surface area contributed by atoms with Crippen molar-refractivity contribution in [1.29, 1.82) is 0 Å². The Morgan fingerprint density at radius 2 is 2.16 bits per heavy atom. The van der Waals surface area contributed by atoms with E-state index in [1.54, 1.807) is 10.9 Å². The number of halogens is 1. The molecule has 1 heterocycles. The van der Waals surface area contributed by atoms with Gasteiger partial charge in [-0.2, -0.15) is 5.10 Å². The number of ether oxygens (including phenoxy) is 1. The summed E-state index contributed by atoms with van der Waals surface area (Å²) in [5, 5.41) is 4.78. The van der Waals surface area contributed by atoms with Gasteiger partial charge in [0.25, 0.3) is 0 Å². The first-order valence-electron chi connectivity index (χ1n) is 6.11. The standard InChI is InChI=1S/C13H17ClN4O/c1-2-18-13(11(14)8-16-18)12(17-15)9-19-10-6-4-3-5-7-10/h3-8,12,17H,2,9,15H2,1H3. The highest BCUT2D eigenvalue weighted by molar-refractivity contribution is 6.31. The SMILES string of the molecule is CCn1ncc(Cl)c1C(COc1ccccc1)NN. The van der Waals surface area contributed by atoms with E-state index in [4.69, 9.17) is 22.2 Å². The first-order chi connectivity index (χ1) is 9.26. The second-order valence-corrected chi connectivity index (χ2v) is 4.44. The quantitative estimate of drug-likeness (QED) is 0.628. The molecule has 0 aliphatic heterocycles. The van der Waals surface area contributed by atoms with Gasteiger partial charge in [-0.1, -0.05) is 29.8 Å². The van der Waals surface area contributed by atoms with E-state index >= 15 is 0 Å². The molecule has 0 bridgehead atoms. The van der Waals surface area contributed by atoms with Crippen LogP contribution in [0.2, 0.25) is 5.02 Å². The summed E-state index contributed by atoms with van der Waals surface area (Å²) in [6, 6.07) is 9.36. The lowest BCUT2D eigenvalue weighted by molar-refractivity contribution is 0.260. The maximum atomic E-state index is 6.14. The van der Waals surface area contributed by atoms with Gasteiger partial charge in [0.15, 0.2) is 0 Å². The van der Waals surface area contributed by atoms with E-state index in [0.29, 0.717) is 11.6 Å². The second kappa shape index (κ2) is 6.56. The van der Waals surface area contributed by atoms with E-state index in [-0.39, 0.29) is 6.04 Å². The number of aromatic nitrogens is 2. The number of para-hydroxylation sites is 1. The Labute approximate surface area is 117 Å². The third-order valence-corrected chi connectivity index (χ3v) is 3.12. The number of nitrogens with two attached hydrogens (primary N) is 1. The van der Waals surface area contributed by atoms with E-state index < -0.39 is 0 Å². The summed E-state index contributed by atoms with van der Waals surface area (Å²) in [7, 11) is 0. The Kier molecular flexibility index (Phi) is 4.79. The minimum atomic E-state index is -0.213. The Hall–Kier alpha value is -1.56. The first-order valence-corrected chi connectivity index (χ1v) is 6.49. The van der Waals surface area contributed by atoms with Crippen LogP contribution in [0, 0.1) is 0 Å². The van der Waals surface area contributed by atoms with Gasteiger partial charge in [0.2, 0.25) is 0 Å². The van der Waals surface area contributed by atoms with Crippen LogP contribution in [0.1, 0.15) is 18.7 Å². The fraction of sp³-hybridized carbons (Fsp3) is 0.308. The summed E-state index contributed by atoms with van der Waals surface area (Å²) < 4.78 is 7.50. The highest BCUT2D eigenvalue weighted by Crippen LogP contribution is 2.23. The number of hydrazine groups is 1. The number of nitrogens with one attached hydrogen (secondary N) is 1. The molecule has 6 heteroatoms. The van der Waals surface area contributed by atoms with Gasteiger partial charge in [-0.3, -0.25) is 10.5 Å². The van der Waals surface area contributed by atoms with Crippen LogP contribution >= 0.6 is 11.6 Å². The number of aryl methyl sites for hydroxylation is 1. The molecule has 102 valence electrons. The lowest BCUT2D eigenvalue weighted by atomic mass is 10.2. The maximum Gasteiger partial charge on any atom is 0.119 e. The van der Waals surface area contributed by atoms with Crippen molar-refractivity contribution in [2.45, 2.75) is 19.5 Å². The summed E-state index contributed by atoms with van der Waals surface area (Å²) in [6.45, 7) is 3.11. The molecule has 1 aromatic heterocycles. The fourth-order valence-electron chi connectivity index (χ4n) is 1.87. The van der Waals surface area contributed by atoms with Gasteiger partial charge in [0.1, 0.15) is 12.4 Å². The summed E-state index contributed by atoms with van der Waals surface area (Å²) >= 11 is 6.14. The van der Waals surface area contributed by atoms with E-state index in [1.165, 1.54) is 0 Å². The van der Waals surface area contributed by atoms with Crippen LogP contribution in [0.25, 0.3) is 0 Å². The molecular weight excluding hydrogens is 264 g/mol. The molecule has 0 fully saturated rings. The third kappa shape index (κ3) is 3.26. The number of nitrogens with zero attached hydrogens (tertiary/aromatic N) is 2. The van der Waals surface area contributed by atoms with Gasteiger partial charge >= 0.3 is 0 Å². The highest BCUT2D eigenvalue weighted by Gasteiger charge is 2.19. The summed E-state index contributed by atoms with van der Waals surface area (Å²) in [4.78, 5) is 0. The maximum absolute atomic E-state index is 6.14.